The average Bonchev–Trinajstić information content (AvgIpc) is 2.14. The summed E-state index contributed by atoms with van der Waals surface area (Å²) in [5.41, 5.74) is -2.81. The summed E-state index contributed by atoms with van der Waals surface area (Å²) in [6, 6.07) is 1.02. The maximum Gasteiger partial charge on any atom is 0.399 e. The number of nitrogens with zero attached hydrogens (tertiary/aromatic N) is 2. The van der Waals surface area contributed by atoms with E-state index in [1.54, 1.807) is 0 Å². The van der Waals surface area contributed by atoms with E-state index in [2.05, 4.69) is 20.9 Å². The van der Waals surface area contributed by atoms with Gasteiger partial charge < -0.3 is 0 Å². The van der Waals surface area contributed by atoms with E-state index in [9.17, 15) is 23.3 Å². The standard InChI is InChI=1S/C9H8BrF3N2O2/c1-8(2,9(11,12)13)7-3-5(10)6(4-14-7)15(16)17/h3-4H,1-2H3. The van der Waals surface area contributed by atoms with Crippen molar-refractivity contribution in [1.29, 1.82) is 0 Å². The Balaban J connectivity index is 3.28. The molecule has 0 bridgehead atoms. The molecule has 0 aliphatic rings. The highest BCUT2D eigenvalue weighted by molar-refractivity contribution is 9.10. The van der Waals surface area contributed by atoms with Crippen LogP contribution in [0.1, 0.15) is 19.5 Å². The number of aromatic nitrogens is 1. The molecule has 0 aliphatic carbocycles. The fourth-order valence-corrected chi connectivity index (χ4v) is 1.51. The van der Waals surface area contributed by atoms with E-state index in [1.165, 1.54) is 0 Å². The smallest absolute Gasteiger partial charge is 0.258 e. The first-order valence-electron chi connectivity index (χ1n) is 4.44. The van der Waals surface area contributed by atoms with Crippen LogP contribution in [0.25, 0.3) is 0 Å². The van der Waals surface area contributed by atoms with Gasteiger partial charge in [0.05, 0.1) is 15.1 Å². The zero-order valence-corrected chi connectivity index (χ0v) is 10.5. The zero-order chi connectivity index (χ0) is 13.4. The van der Waals surface area contributed by atoms with Crippen LogP contribution in [0, 0.1) is 10.1 Å². The molecule has 0 radical (unpaired) electrons. The molecule has 0 aliphatic heterocycles. The van der Waals surface area contributed by atoms with Crippen molar-refractivity contribution < 1.29 is 18.1 Å². The lowest BCUT2D eigenvalue weighted by molar-refractivity contribution is -0.386. The van der Waals surface area contributed by atoms with E-state index >= 15 is 0 Å². The van der Waals surface area contributed by atoms with Crippen LogP contribution in [-0.4, -0.2) is 16.1 Å². The van der Waals surface area contributed by atoms with Gasteiger partial charge in [-0.2, -0.15) is 13.2 Å². The maximum atomic E-state index is 12.7. The second kappa shape index (κ2) is 4.25. The number of halogens is 4. The molecule has 0 saturated heterocycles. The molecule has 1 aromatic rings. The molecule has 0 N–H and O–H groups in total. The van der Waals surface area contributed by atoms with Gasteiger partial charge in [0.1, 0.15) is 11.6 Å². The van der Waals surface area contributed by atoms with Crippen LogP contribution in [0.15, 0.2) is 16.7 Å². The third-order valence-electron chi connectivity index (χ3n) is 2.38. The molecule has 1 rings (SSSR count). The van der Waals surface area contributed by atoms with Gasteiger partial charge >= 0.3 is 11.9 Å². The van der Waals surface area contributed by atoms with Crippen molar-refractivity contribution in [1.82, 2.24) is 4.98 Å². The normalized spacial score (nSPS) is 12.6. The molecular formula is C9H8BrF3N2O2. The van der Waals surface area contributed by atoms with Crippen LogP contribution in [0.4, 0.5) is 18.9 Å². The molecule has 1 heterocycles. The molecule has 94 valence electrons. The van der Waals surface area contributed by atoms with Crippen molar-refractivity contribution in [2.45, 2.75) is 25.4 Å². The molecule has 0 atom stereocenters. The van der Waals surface area contributed by atoms with Crippen LogP contribution < -0.4 is 0 Å². The molecule has 17 heavy (non-hydrogen) atoms. The highest BCUT2D eigenvalue weighted by Gasteiger charge is 2.49. The number of rotatable bonds is 2. The molecule has 0 amide bonds. The summed E-state index contributed by atoms with van der Waals surface area (Å²) < 4.78 is 38.1. The van der Waals surface area contributed by atoms with Crippen molar-refractivity contribution in [3.63, 3.8) is 0 Å². The van der Waals surface area contributed by atoms with Gasteiger partial charge in [-0.3, -0.25) is 15.1 Å². The van der Waals surface area contributed by atoms with Crippen LogP contribution in [-0.2, 0) is 5.41 Å². The lowest BCUT2D eigenvalue weighted by atomic mass is 9.88. The molecular weight excluding hydrogens is 305 g/mol. The Morgan fingerprint density at radius 2 is 1.94 bits per heavy atom. The van der Waals surface area contributed by atoms with Gasteiger partial charge in [-0.25, -0.2) is 0 Å². The van der Waals surface area contributed by atoms with Gasteiger partial charge in [-0.15, -0.1) is 0 Å². The zero-order valence-electron chi connectivity index (χ0n) is 8.88. The summed E-state index contributed by atoms with van der Waals surface area (Å²) in [6.07, 6.45) is -3.66. The van der Waals surface area contributed by atoms with E-state index in [0.717, 1.165) is 26.1 Å². The molecule has 0 saturated carbocycles. The van der Waals surface area contributed by atoms with Gasteiger partial charge in [0.2, 0.25) is 0 Å². The van der Waals surface area contributed by atoms with E-state index in [4.69, 9.17) is 0 Å². The Hall–Kier alpha value is -1.18. The van der Waals surface area contributed by atoms with E-state index in [1.807, 2.05) is 0 Å². The molecule has 0 fully saturated rings. The Kier molecular flexibility index (Phi) is 3.47. The SMILES string of the molecule is CC(C)(c1cc(Br)c([N+](=O)[O-])cn1)C(F)(F)F. The van der Waals surface area contributed by atoms with Gasteiger partial charge in [-0.05, 0) is 35.8 Å². The summed E-state index contributed by atoms with van der Waals surface area (Å²) >= 11 is 2.86. The Morgan fingerprint density at radius 3 is 2.29 bits per heavy atom. The molecule has 0 aromatic carbocycles. The third kappa shape index (κ3) is 2.56. The largest absolute Gasteiger partial charge is 0.399 e. The van der Waals surface area contributed by atoms with Crippen molar-refractivity contribution >= 4 is 21.6 Å². The summed E-state index contributed by atoms with van der Waals surface area (Å²) in [5, 5.41) is 10.5. The van der Waals surface area contributed by atoms with Crippen LogP contribution >= 0.6 is 15.9 Å². The Bertz CT molecular complexity index is 460. The minimum atomic E-state index is -4.48. The molecule has 4 nitrogen and oxygen atoms in total. The fourth-order valence-electron chi connectivity index (χ4n) is 1.04. The number of alkyl halides is 3. The van der Waals surface area contributed by atoms with Crippen molar-refractivity contribution in [2.75, 3.05) is 0 Å². The highest BCUT2D eigenvalue weighted by atomic mass is 79.9. The predicted molar refractivity (Wildman–Crippen MR) is 57.7 cm³/mol. The maximum absolute atomic E-state index is 12.7. The molecule has 8 heteroatoms. The van der Waals surface area contributed by atoms with E-state index in [0.29, 0.717) is 0 Å². The first-order chi connectivity index (χ1) is 7.57. The molecule has 1 aromatic heterocycles. The van der Waals surface area contributed by atoms with Crippen LogP contribution in [0.2, 0.25) is 0 Å². The molecule has 0 unspecified atom stereocenters. The Morgan fingerprint density at radius 1 is 1.41 bits per heavy atom. The summed E-state index contributed by atoms with van der Waals surface area (Å²) in [6.45, 7) is 1.93. The monoisotopic (exact) mass is 312 g/mol. The first kappa shape index (κ1) is 13.9. The lowest BCUT2D eigenvalue weighted by Crippen LogP contribution is -2.37. The fraction of sp³-hybridized carbons (Fsp3) is 0.444. The minimum absolute atomic E-state index is 0.0233. The van der Waals surface area contributed by atoms with Crippen molar-refractivity contribution in [3.05, 3.63) is 32.5 Å². The third-order valence-corrected chi connectivity index (χ3v) is 3.01. The van der Waals surface area contributed by atoms with E-state index < -0.39 is 16.5 Å². The van der Waals surface area contributed by atoms with Crippen LogP contribution in [0.3, 0.4) is 0 Å². The Labute approximate surface area is 103 Å². The quantitative estimate of drug-likeness (QED) is 0.619. The first-order valence-corrected chi connectivity index (χ1v) is 5.24. The van der Waals surface area contributed by atoms with Gasteiger partial charge in [-0.1, -0.05) is 0 Å². The lowest BCUT2D eigenvalue weighted by Gasteiger charge is -2.26. The molecule has 0 spiro atoms. The van der Waals surface area contributed by atoms with E-state index in [-0.39, 0.29) is 15.9 Å². The number of hydrogen-bond acceptors (Lipinski definition) is 3. The van der Waals surface area contributed by atoms with Crippen molar-refractivity contribution in [3.8, 4) is 0 Å². The van der Waals surface area contributed by atoms with Gasteiger partial charge in [0, 0.05) is 0 Å². The van der Waals surface area contributed by atoms with Crippen LogP contribution in [0.5, 0.6) is 0 Å². The second-order valence-electron chi connectivity index (χ2n) is 3.90. The average molecular weight is 313 g/mol. The topological polar surface area (TPSA) is 56.0 Å². The summed E-state index contributed by atoms with van der Waals surface area (Å²) in [5.74, 6) is 0. The summed E-state index contributed by atoms with van der Waals surface area (Å²) in [4.78, 5) is 13.3. The van der Waals surface area contributed by atoms with Gasteiger partial charge in [0.15, 0.2) is 0 Å². The summed E-state index contributed by atoms with van der Waals surface area (Å²) in [7, 11) is 0. The predicted octanol–water partition coefficient (Wildman–Crippen LogP) is 3.59. The second-order valence-corrected chi connectivity index (χ2v) is 4.76. The number of hydrogen-bond donors (Lipinski definition) is 0. The highest BCUT2D eigenvalue weighted by Crippen LogP contribution is 2.40. The minimum Gasteiger partial charge on any atom is -0.258 e. The number of pyridine rings is 1. The van der Waals surface area contributed by atoms with Crippen molar-refractivity contribution in [2.24, 2.45) is 0 Å². The number of nitro groups is 1. The van der Waals surface area contributed by atoms with Gasteiger partial charge in [0.25, 0.3) is 0 Å².